The van der Waals surface area contributed by atoms with Gasteiger partial charge in [0.2, 0.25) is 0 Å². The van der Waals surface area contributed by atoms with Gasteiger partial charge >= 0.3 is 0 Å². The summed E-state index contributed by atoms with van der Waals surface area (Å²) in [7, 11) is 0. The lowest BCUT2D eigenvalue weighted by Crippen LogP contribution is -2.09. The van der Waals surface area contributed by atoms with Crippen LogP contribution in [-0.2, 0) is 6.42 Å². The van der Waals surface area contributed by atoms with Crippen molar-refractivity contribution >= 4 is 11.6 Å². The molecule has 4 heteroatoms. The van der Waals surface area contributed by atoms with Gasteiger partial charge in [0.1, 0.15) is 0 Å². The maximum Gasteiger partial charge on any atom is 0.0921 e. The fraction of sp³-hybridized carbons (Fsp3) is 0.263. The number of aromatic nitrogens is 3. The average Bonchev–Trinajstić information content (AvgIpc) is 3.05. The summed E-state index contributed by atoms with van der Waals surface area (Å²) >= 11 is 6.37. The van der Waals surface area contributed by atoms with E-state index in [4.69, 9.17) is 11.6 Å². The van der Waals surface area contributed by atoms with E-state index >= 15 is 0 Å². The van der Waals surface area contributed by atoms with Crippen LogP contribution in [0, 0.1) is 20.8 Å². The van der Waals surface area contributed by atoms with Crippen molar-refractivity contribution in [1.29, 1.82) is 0 Å². The zero-order valence-electron chi connectivity index (χ0n) is 13.6. The second-order valence-electron chi connectivity index (χ2n) is 5.97. The van der Waals surface area contributed by atoms with Gasteiger partial charge in [0.05, 0.1) is 11.3 Å². The Labute approximate surface area is 141 Å². The third-order valence-corrected chi connectivity index (χ3v) is 4.75. The van der Waals surface area contributed by atoms with Crippen LogP contribution in [0.15, 0.2) is 43.0 Å². The smallest absolute Gasteiger partial charge is 0.0921 e. The molecule has 1 atom stereocenters. The van der Waals surface area contributed by atoms with Crippen molar-refractivity contribution in [3.05, 3.63) is 81.7 Å². The van der Waals surface area contributed by atoms with Gasteiger partial charge in [-0.25, -0.2) is 4.98 Å². The van der Waals surface area contributed by atoms with Gasteiger partial charge in [-0.05, 0) is 55.5 Å². The number of aromatic amines is 1. The third-order valence-electron chi connectivity index (χ3n) is 4.41. The summed E-state index contributed by atoms with van der Waals surface area (Å²) in [5.41, 5.74) is 7.11. The highest BCUT2D eigenvalue weighted by Gasteiger charge is 2.20. The number of pyridine rings is 1. The molecule has 118 valence electrons. The summed E-state index contributed by atoms with van der Waals surface area (Å²) in [5.74, 6) is 0.191. The minimum atomic E-state index is 0.191. The number of benzene rings is 1. The lowest BCUT2D eigenvalue weighted by atomic mass is 9.86. The van der Waals surface area contributed by atoms with Crippen molar-refractivity contribution in [2.45, 2.75) is 33.1 Å². The van der Waals surface area contributed by atoms with Crippen LogP contribution in [0.25, 0.3) is 0 Å². The van der Waals surface area contributed by atoms with Gasteiger partial charge in [-0.1, -0.05) is 29.8 Å². The molecule has 0 aliphatic carbocycles. The van der Waals surface area contributed by atoms with E-state index in [2.05, 4.69) is 53.1 Å². The fourth-order valence-corrected chi connectivity index (χ4v) is 3.15. The van der Waals surface area contributed by atoms with Gasteiger partial charge in [0.25, 0.3) is 0 Å². The van der Waals surface area contributed by atoms with Crippen LogP contribution < -0.4 is 0 Å². The number of hydrogen-bond donors (Lipinski definition) is 1. The Hall–Kier alpha value is -2.13. The summed E-state index contributed by atoms with van der Waals surface area (Å²) < 4.78 is 0. The van der Waals surface area contributed by atoms with Crippen molar-refractivity contribution < 1.29 is 0 Å². The summed E-state index contributed by atoms with van der Waals surface area (Å²) in [4.78, 5) is 11.7. The van der Waals surface area contributed by atoms with Crippen molar-refractivity contribution in [3.8, 4) is 0 Å². The van der Waals surface area contributed by atoms with E-state index in [1.54, 1.807) is 12.5 Å². The number of hydrogen-bond acceptors (Lipinski definition) is 2. The zero-order valence-corrected chi connectivity index (χ0v) is 14.4. The molecule has 2 heterocycles. The van der Waals surface area contributed by atoms with Crippen LogP contribution >= 0.6 is 11.6 Å². The normalized spacial score (nSPS) is 12.3. The predicted molar refractivity (Wildman–Crippen MR) is 94.0 cm³/mol. The van der Waals surface area contributed by atoms with E-state index in [0.717, 1.165) is 23.4 Å². The van der Waals surface area contributed by atoms with Crippen molar-refractivity contribution in [3.63, 3.8) is 0 Å². The topological polar surface area (TPSA) is 41.6 Å². The van der Waals surface area contributed by atoms with Crippen LogP contribution in [-0.4, -0.2) is 15.0 Å². The molecule has 1 aromatic carbocycles. The largest absolute Gasteiger partial charge is 0.348 e. The molecule has 0 spiro atoms. The van der Waals surface area contributed by atoms with E-state index in [9.17, 15) is 0 Å². The first-order chi connectivity index (χ1) is 11.1. The molecule has 0 saturated carbocycles. The van der Waals surface area contributed by atoms with Crippen LogP contribution in [0.4, 0.5) is 0 Å². The fourth-order valence-electron chi connectivity index (χ4n) is 2.97. The van der Waals surface area contributed by atoms with Crippen LogP contribution in [0.1, 0.15) is 39.6 Å². The van der Waals surface area contributed by atoms with E-state index < -0.39 is 0 Å². The highest BCUT2D eigenvalue weighted by molar-refractivity contribution is 6.31. The molecule has 1 unspecified atom stereocenters. The Kier molecular flexibility index (Phi) is 4.49. The predicted octanol–water partition coefficient (Wildman–Crippen LogP) is 4.76. The molecular weight excluding hydrogens is 306 g/mol. The summed E-state index contributed by atoms with van der Waals surface area (Å²) in [5, 5.41) is 0.713. The standard InChI is InChI=1S/C19H20ClN3/c1-12-5-4-6-16(14(12)3)17(19-10-21-11-23-19)8-15-7-13(2)22-9-18(15)20/h4-7,9-11,17H,8H2,1-3H3,(H,21,23). The monoisotopic (exact) mass is 325 g/mol. The van der Waals surface area contributed by atoms with E-state index in [1.807, 2.05) is 13.1 Å². The Balaban J connectivity index is 2.07. The first-order valence-electron chi connectivity index (χ1n) is 7.71. The highest BCUT2D eigenvalue weighted by atomic mass is 35.5. The molecule has 2 aromatic heterocycles. The number of halogens is 1. The molecular formula is C19H20ClN3. The molecule has 1 N–H and O–H groups in total. The second kappa shape index (κ2) is 6.55. The Morgan fingerprint density at radius 2 is 2.00 bits per heavy atom. The first-order valence-corrected chi connectivity index (χ1v) is 8.09. The Morgan fingerprint density at radius 3 is 2.74 bits per heavy atom. The molecule has 0 radical (unpaired) electrons. The third kappa shape index (κ3) is 3.30. The SMILES string of the molecule is Cc1cc(CC(c2cnc[nH]2)c2cccc(C)c2C)c(Cl)cn1. The number of nitrogens with one attached hydrogen (secondary N) is 1. The summed E-state index contributed by atoms with van der Waals surface area (Å²) in [6, 6.07) is 8.51. The molecule has 0 aliphatic rings. The molecule has 0 saturated heterocycles. The van der Waals surface area contributed by atoms with Gasteiger partial charge in [-0.15, -0.1) is 0 Å². The maximum atomic E-state index is 6.37. The number of aryl methyl sites for hydroxylation is 2. The zero-order chi connectivity index (χ0) is 16.4. The number of nitrogens with zero attached hydrogens (tertiary/aromatic N) is 2. The van der Waals surface area contributed by atoms with E-state index in [1.165, 1.54) is 16.7 Å². The van der Waals surface area contributed by atoms with Gasteiger partial charge in [-0.3, -0.25) is 4.98 Å². The van der Waals surface area contributed by atoms with Crippen molar-refractivity contribution in [2.75, 3.05) is 0 Å². The van der Waals surface area contributed by atoms with Gasteiger partial charge in [0.15, 0.2) is 0 Å². The molecule has 0 aliphatic heterocycles. The molecule has 3 nitrogen and oxygen atoms in total. The second-order valence-corrected chi connectivity index (χ2v) is 6.38. The van der Waals surface area contributed by atoms with Crippen LogP contribution in [0.2, 0.25) is 5.02 Å². The highest BCUT2D eigenvalue weighted by Crippen LogP contribution is 2.32. The van der Waals surface area contributed by atoms with Crippen LogP contribution in [0.5, 0.6) is 0 Å². The lowest BCUT2D eigenvalue weighted by Gasteiger charge is -2.20. The minimum Gasteiger partial charge on any atom is -0.348 e. The molecule has 3 aromatic rings. The van der Waals surface area contributed by atoms with Gasteiger partial charge in [-0.2, -0.15) is 0 Å². The number of H-pyrrole nitrogens is 1. The van der Waals surface area contributed by atoms with Crippen molar-refractivity contribution in [1.82, 2.24) is 15.0 Å². The Morgan fingerprint density at radius 1 is 1.17 bits per heavy atom. The maximum absolute atomic E-state index is 6.37. The Bertz CT molecular complexity index is 809. The molecule has 0 fully saturated rings. The molecule has 0 bridgehead atoms. The van der Waals surface area contributed by atoms with E-state index in [-0.39, 0.29) is 5.92 Å². The summed E-state index contributed by atoms with van der Waals surface area (Å²) in [6.45, 7) is 6.31. The van der Waals surface area contributed by atoms with Gasteiger partial charge < -0.3 is 4.98 Å². The van der Waals surface area contributed by atoms with Crippen LogP contribution in [0.3, 0.4) is 0 Å². The molecule has 0 amide bonds. The first kappa shape index (κ1) is 15.8. The number of rotatable bonds is 4. The summed E-state index contributed by atoms with van der Waals surface area (Å²) in [6.07, 6.45) is 6.18. The minimum absolute atomic E-state index is 0.191. The lowest BCUT2D eigenvalue weighted by molar-refractivity contribution is 0.771. The molecule has 23 heavy (non-hydrogen) atoms. The molecule has 3 rings (SSSR count). The quantitative estimate of drug-likeness (QED) is 0.751. The van der Waals surface area contributed by atoms with E-state index in [0.29, 0.717) is 5.02 Å². The van der Waals surface area contributed by atoms with Gasteiger partial charge in [0, 0.05) is 29.7 Å². The average molecular weight is 326 g/mol. The van der Waals surface area contributed by atoms with Crippen molar-refractivity contribution in [2.24, 2.45) is 0 Å². The number of imidazole rings is 1.